The second kappa shape index (κ2) is 53.6. The Balaban J connectivity index is 0.824. The van der Waals surface area contributed by atoms with Gasteiger partial charge in [-0.3, -0.25) is 28.9 Å². The number of carboxylic acids is 1. The molecule has 125 heavy (non-hydrogen) atoms. The molecule has 0 aliphatic carbocycles. The van der Waals surface area contributed by atoms with Crippen molar-refractivity contribution in [3.05, 3.63) is 141 Å². The molecule has 6 aromatic rings. The number of carbonyl (C=O) groups excluding carboxylic acids is 8. The second-order valence-electron chi connectivity index (χ2n) is 28.6. The van der Waals surface area contributed by atoms with Crippen molar-refractivity contribution in [3.63, 3.8) is 0 Å². The number of allylic oxidation sites excluding steroid dienone is 2. The average molecular weight is 1780 g/mol. The first-order valence-corrected chi connectivity index (χ1v) is 42.3. The number of thiazole rings is 2. The van der Waals surface area contributed by atoms with Crippen LogP contribution in [0.4, 0.5) is 34.7 Å². The summed E-state index contributed by atoms with van der Waals surface area (Å²) >= 11 is 2.67. The number of hydrogen-bond donors (Lipinski definition) is 9. The number of hydrogen-bond acceptors (Lipinski definition) is 31. The van der Waals surface area contributed by atoms with Gasteiger partial charge in [-0.05, 0) is 116 Å². The molecule has 2 aliphatic rings. The fourth-order valence-corrected chi connectivity index (χ4v) is 14.1. The molecule has 12 N–H and O–H groups in total. The van der Waals surface area contributed by atoms with Crippen molar-refractivity contribution in [3.8, 4) is 17.6 Å². The highest BCUT2D eigenvalue weighted by Gasteiger charge is 2.32. The first kappa shape index (κ1) is 98.9. The molecule has 3 aromatic carbocycles. The minimum Gasteiger partial charge on any atom is -0.491 e. The van der Waals surface area contributed by atoms with Gasteiger partial charge >= 0.3 is 24.2 Å². The number of methoxy groups -OCH3 is 1. The molecule has 2 aliphatic heterocycles. The summed E-state index contributed by atoms with van der Waals surface area (Å²) in [6.45, 7) is 11.4. The number of imide groups is 1. The highest BCUT2D eigenvalue weighted by molar-refractivity contribution is 7.22. The number of aromatic carboxylic acids is 1. The highest BCUT2D eigenvalue weighted by Crippen LogP contribution is 2.36. The summed E-state index contributed by atoms with van der Waals surface area (Å²) in [5.41, 5.74) is 22.4. The maximum atomic E-state index is 15.6. The molecule has 9 amide bonds. The van der Waals surface area contributed by atoms with E-state index in [1.807, 2.05) is 31.2 Å². The molecule has 42 heteroatoms. The van der Waals surface area contributed by atoms with Gasteiger partial charge in [-0.25, -0.2) is 38.2 Å². The normalized spacial score (nSPS) is 13.3. The number of aryl methyl sites for hydroxylation is 1. The molecule has 39 nitrogen and oxygen atoms in total. The number of primary amides is 1. The summed E-state index contributed by atoms with van der Waals surface area (Å²) < 4.78 is 84.4. The Morgan fingerprint density at radius 1 is 0.704 bits per heavy atom. The Morgan fingerprint density at radius 2 is 1.34 bits per heavy atom. The molecule has 3 aromatic heterocycles. The Morgan fingerprint density at radius 3 is 1.99 bits per heavy atom. The van der Waals surface area contributed by atoms with Gasteiger partial charge in [0, 0.05) is 75.5 Å². The van der Waals surface area contributed by atoms with Crippen LogP contribution in [0.1, 0.15) is 97.0 Å². The molecule has 2 atom stereocenters. The number of fused-ring (bicyclic) bond motifs is 1. The number of benzene rings is 3. The van der Waals surface area contributed by atoms with Gasteiger partial charge in [-0.1, -0.05) is 60.4 Å². The van der Waals surface area contributed by atoms with Crippen LogP contribution in [-0.2, 0) is 109 Å². The molecule has 5 heterocycles. The number of carboxylic acid groups (broad SMARTS) is 1. The van der Waals surface area contributed by atoms with Crippen LogP contribution in [0.5, 0.6) is 5.75 Å². The fourth-order valence-electron chi connectivity index (χ4n) is 12.1. The number of amides is 9. The summed E-state index contributed by atoms with van der Waals surface area (Å²) in [5, 5.41) is 33.4. The van der Waals surface area contributed by atoms with E-state index in [0.29, 0.717) is 168 Å². The van der Waals surface area contributed by atoms with E-state index >= 15 is 4.39 Å². The van der Waals surface area contributed by atoms with Crippen molar-refractivity contribution in [1.29, 1.82) is 0 Å². The average Bonchev–Trinajstić information content (AvgIpc) is 1.68. The van der Waals surface area contributed by atoms with Gasteiger partial charge in [0.05, 0.1) is 155 Å². The molecule has 0 saturated carbocycles. The third-order valence-electron chi connectivity index (χ3n) is 18.8. The largest absolute Gasteiger partial charge is 0.491 e. The maximum absolute atomic E-state index is 15.6. The van der Waals surface area contributed by atoms with Crippen LogP contribution in [0.3, 0.4) is 0 Å². The number of para-hydroxylation sites is 1. The lowest BCUT2D eigenvalue weighted by Crippen LogP contribution is -2.54. The van der Waals surface area contributed by atoms with Crippen LogP contribution in [-0.4, -0.2) is 277 Å². The van der Waals surface area contributed by atoms with Crippen molar-refractivity contribution in [2.75, 3.05) is 182 Å². The molecular formula is C83H112FN17O22S2. The van der Waals surface area contributed by atoms with Crippen LogP contribution < -0.4 is 53.4 Å². The van der Waals surface area contributed by atoms with Crippen molar-refractivity contribution < 1.29 is 109 Å². The number of rotatable bonds is 57. The molecule has 0 bridgehead atoms. The van der Waals surface area contributed by atoms with Crippen LogP contribution in [0.2, 0.25) is 0 Å². The Labute approximate surface area is 731 Å². The van der Waals surface area contributed by atoms with Gasteiger partial charge in [-0.2, -0.15) is 0 Å². The zero-order chi connectivity index (χ0) is 89.8. The van der Waals surface area contributed by atoms with Crippen LogP contribution >= 0.6 is 22.7 Å². The summed E-state index contributed by atoms with van der Waals surface area (Å²) in [6.07, 6.45) is 4.15. The predicted molar refractivity (Wildman–Crippen MR) is 458 cm³/mol. The third kappa shape index (κ3) is 34.2. The molecule has 680 valence electrons. The number of urea groups is 1. The Kier molecular flexibility index (Phi) is 42.4. The van der Waals surface area contributed by atoms with Crippen molar-refractivity contribution in [2.24, 2.45) is 23.1 Å². The minimum absolute atomic E-state index is 0.0208. The zero-order valence-electron chi connectivity index (χ0n) is 71.0. The molecule has 0 fully saturated rings. The molecule has 8 rings (SSSR count). The minimum atomic E-state index is -1.26. The first-order chi connectivity index (χ1) is 60.3. The third-order valence-corrected chi connectivity index (χ3v) is 20.9. The van der Waals surface area contributed by atoms with Crippen LogP contribution in [0.25, 0.3) is 10.2 Å². The van der Waals surface area contributed by atoms with Gasteiger partial charge < -0.3 is 120 Å². The number of aromatic nitrogens is 5. The van der Waals surface area contributed by atoms with Gasteiger partial charge in [0.25, 0.3) is 11.8 Å². The quantitative estimate of drug-likeness (QED) is 0.0124. The second-order valence-corrected chi connectivity index (χ2v) is 30.7. The lowest BCUT2D eigenvalue weighted by Gasteiger charge is -2.30. The van der Waals surface area contributed by atoms with E-state index in [0.717, 1.165) is 38.4 Å². The Hall–Kier alpha value is -11.5. The zero-order valence-corrected chi connectivity index (χ0v) is 72.7. The van der Waals surface area contributed by atoms with Crippen LogP contribution in [0.15, 0.2) is 102 Å². The lowest BCUT2D eigenvalue weighted by atomic mass is 9.99. The fraction of sp³-hybridized carbons (Fsp3) is 0.506. The van der Waals surface area contributed by atoms with E-state index in [9.17, 15) is 48.3 Å². The summed E-state index contributed by atoms with van der Waals surface area (Å²) in [7, 11) is 4.52. The lowest BCUT2D eigenvalue weighted by molar-refractivity contribution is -0.138. The van der Waals surface area contributed by atoms with Crippen molar-refractivity contribution in [2.45, 2.75) is 104 Å². The van der Waals surface area contributed by atoms with Gasteiger partial charge in [0.15, 0.2) is 27.5 Å². The summed E-state index contributed by atoms with van der Waals surface area (Å²) in [4.78, 5) is 132. The smallest absolute Gasteiger partial charge is 0.410 e. The van der Waals surface area contributed by atoms with Crippen molar-refractivity contribution in [1.82, 2.24) is 55.6 Å². The van der Waals surface area contributed by atoms with E-state index in [2.05, 4.69) is 58.7 Å². The standard InChI is InChI=1S/C83H112FN17O22S2/c1-55(2)72(92-69(102)25-32-113-34-30-100-70(103)23-24-71(100)104)77(106)90-65(16-9-26-88-79(87)109)76(105)89-60-21-20-58(59(50-60)51-98(5)83(111)123-54-61-52-99(96-95-61)29-33-114-37-38-116-41-42-118-45-46-120-48-47-119-44-43-117-40-39-115-36-35-112-6)53-122-82(110)97(4)27-10-13-57-19-22-66(63(84)49-57)121-31-12-18-68-73(78(107)108)93-81(125-68)101-28-11-14-62(75(101)86)56(3)74(85)94-80-91-64-15-7-8-17-67(64)124-80/h7-8,15,17,19-24,49-50,52,55,65,72H,9,11-12,14,16,18,25-48,51,53-54,85-86H2,1-6H3,(H,89,105)(H,90,106)(H,91,94)(H,92,102)(H,107,108)(H3,87,88,109)/b74-56+/t65-,72-/m0/s1. The Bertz CT molecular complexity index is 4650. The molecule has 0 saturated heterocycles. The van der Waals surface area contributed by atoms with Gasteiger partial charge in [0.2, 0.25) is 17.7 Å². The first-order valence-electron chi connectivity index (χ1n) is 40.7. The summed E-state index contributed by atoms with van der Waals surface area (Å²) in [5.74, 6) is 1.10. The molecule has 0 spiro atoms. The van der Waals surface area contributed by atoms with E-state index in [1.165, 1.54) is 75.5 Å². The highest BCUT2D eigenvalue weighted by atomic mass is 32.1. The molecule has 0 unspecified atom stereocenters. The number of nitrogens with one attached hydrogen (secondary N) is 5. The summed E-state index contributed by atoms with van der Waals surface area (Å²) in [6, 6.07) is 13.3. The van der Waals surface area contributed by atoms with Gasteiger partial charge in [-0.15, -0.1) is 16.4 Å². The number of anilines is 3. The number of nitrogens with two attached hydrogens (primary N) is 3. The van der Waals surface area contributed by atoms with E-state index < -0.39 is 77.5 Å². The molecular weight excluding hydrogens is 1670 g/mol. The monoisotopic (exact) mass is 1780 g/mol. The number of nitrogens with zero attached hydrogens (tertiary/aromatic N) is 9. The van der Waals surface area contributed by atoms with E-state index in [-0.39, 0.29) is 114 Å². The SMILES string of the molecule is COCCOCCOCCOCCOCCOCCOCCOCCn1cc(COC(=O)N(C)Cc2cc(NC(=O)[C@H](CCCNC(N)=O)NC(=O)[C@@H](NC(=O)CCOCCN3C(=O)C=CC3=O)C(C)C)ccc2COC(=O)N(C)CC#Cc2ccc(OCCCc3sc(N4CCCC(/C(C)=C(\N)Nc5nc6ccccc6s5)=C4N)nc3C(=O)O)c(F)c2)nn1. The van der Waals surface area contributed by atoms with Crippen molar-refractivity contribution >= 4 is 103 Å². The van der Waals surface area contributed by atoms with Crippen LogP contribution in [0, 0.1) is 23.6 Å². The maximum Gasteiger partial charge on any atom is 0.410 e. The van der Waals surface area contributed by atoms with Gasteiger partial charge in [0.1, 0.15) is 42.6 Å². The predicted octanol–water partition coefficient (Wildman–Crippen LogP) is 5.76. The topological polar surface area (TPSA) is 492 Å². The molecule has 0 radical (unpaired) electrons. The number of halogens is 1. The number of carbonyl (C=O) groups is 9. The van der Waals surface area contributed by atoms with E-state index in [1.54, 1.807) is 44.2 Å². The number of ether oxygens (including phenoxy) is 12. The van der Waals surface area contributed by atoms with E-state index in [4.69, 9.17) is 74.0 Å².